The molecular weight excluding hydrogens is 360 g/mol. The van der Waals surface area contributed by atoms with Gasteiger partial charge in [0.05, 0.1) is 5.56 Å². The minimum absolute atomic E-state index is 0.116. The summed E-state index contributed by atoms with van der Waals surface area (Å²) in [6.45, 7) is 5.22. The van der Waals surface area contributed by atoms with Gasteiger partial charge < -0.3 is 20.5 Å². The molecule has 28 heavy (non-hydrogen) atoms. The third-order valence-corrected chi connectivity index (χ3v) is 3.69. The highest BCUT2D eigenvalue weighted by Crippen LogP contribution is 2.13. The van der Waals surface area contributed by atoms with E-state index in [-0.39, 0.29) is 12.0 Å². The summed E-state index contributed by atoms with van der Waals surface area (Å²) in [5, 5.41) is 14.3. The first-order chi connectivity index (χ1) is 13.1. The number of ether oxygens (including phenoxy) is 1. The quantitative estimate of drug-likeness (QED) is 0.707. The molecule has 0 unspecified atom stereocenters. The van der Waals surface area contributed by atoms with Crippen LogP contribution < -0.4 is 10.6 Å². The van der Waals surface area contributed by atoms with Crippen molar-refractivity contribution in [1.82, 2.24) is 5.32 Å². The Hall–Kier alpha value is -3.35. The van der Waals surface area contributed by atoms with Gasteiger partial charge in [-0.05, 0) is 50.6 Å². The van der Waals surface area contributed by atoms with Crippen LogP contribution in [0.1, 0.15) is 36.7 Å². The number of carboxylic acid groups (broad SMARTS) is 1. The van der Waals surface area contributed by atoms with Crippen LogP contribution in [-0.4, -0.2) is 34.7 Å². The smallest absolute Gasteiger partial charge is 0.408 e. The second-order valence-electron chi connectivity index (χ2n) is 7.26. The first-order valence-electron chi connectivity index (χ1n) is 8.82. The predicted molar refractivity (Wildman–Crippen MR) is 105 cm³/mol. The first kappa shape index (κ1) is 21.0. The maximum Gasteiger partial charge on any atom is 0.408 e. The summed E-state index contributed by atoms with van der Waals surface area (Å²) in [6, 6.07) is 14.2. The third-order valence-electron chi connectivity index (χ3n) is 3.69. The number of rotatable bonds is 6. The molecule has 3 N–H and O–H groups in total. The monoisotopic (exact) mass is 384 g/mol. The van der Waals surface area contributed by atoms with Crippen molar-refractivity contribution in [2.75, 3.05) is 5.32 Å². The highest BCUT2D eigenvalue weighted by molar-refractivity contribution is 5.97. The topological polar surface area (TPSA) is 105 Å². The van der Waals surface area contributed by atoms with E-state index >= 15 is 0 Å². The third kappa shape index (κ3) is 6.75. The second-order valence-corrected chi connectivity index (χ2v) is 7.26. The summed E-state index contributed by atoms with van der Waals surface area (Å²) in [7, 11) is 0. The number of anilines is 1. The number of carbonyl (C=O) groups is 3. The van der Waals surface area contributed by atoms with Gasteiger partial charge >= 0.3 is 12.1 Å². The molecule has 0 bridgehead atoms. The van der Waals surface area contributed by atoms with E-state index in [1.807, 2.05) is 30.3 Å². The fourth-order valence-electron chi connectivity index (χ4n) is 2.43. The van der Waals surface area contributed by atoms with E-state index in [2.05, 4.69) is 10.6 Å². The Morgan fingerprint density at radius 1 is 1.00 bits per heavy atom. The number of alkyl carbamates (subject to hydrolysis) is 1. The standard InChI is InChI=1S/C21H24N2O5/c1-21(2,3)28-20(27)23-17(13-14-7-5-4-6-8-14)18(24)22-16-11-9-15(10-12-16)19(25)26/h4-12,17H,13H2,1-3H3,(H,22,24)(H,23,27)(H,25,26)/t17-/m0/s1. The molecule has 0 heterocycles. The summed E-state index contributed by atoms with van der Waals surface area (Å²) in [5.74, 6) is -1.48. The van der Waals surface area contributed by atoms with E-state index in [1.165, 1.54) is 24.3 Å². The molecule has 0 spiro atoms. The largest absolute Gasteiger partial charge is 0.478 e. The molecule has 2 aromatic carbocycles. The molecule has 0 saturated heterocycles. The fourth-order valence-corrected chi connectivity index (χ4v) is 2.43. The molecule has 2 rings (SSSR count). The number of carboxylic acids is 1. The van der Waals surface area contributed by atoms with Gasteiger partial charge in [0, 0.05) is 12.1 Å². The summed E-state index contributed by atoms with van der Waals surface area (Å²) in [5.41, 5.74) is 0.731. The first-order valence-corrected chi connectivity index (χ1v) is 8.82. The van der Waals surface area contributed by atoms with Gasteiger partial charge in [0.2, 0.25) is 5.91 Å². The number of amides is 2. The van der Waals surface area contributed by atoms with Crippen molar-refractivity contribution in [1.29, 1.82) is 0 Å². The molecule has 0 aliphatic heterocycles. The van der Waals surface area contributed by atoms with Gasteiger partial charge in [-0.25, -0.2) is 9.59 Å². The van der Waals surface area contributed by atoms with Crippen LogP contribution in [-0.2, 0) is 16.0 Å². The Kier molecular flexibility index (Phi) is 6.76. The molecule has 0 fully saturated rings. The molecule has 0 aliphatic rings. The van der Waals surface area contributed by atoms with E-state index < -0.39 is 29.6 Å². The second kappa shape index (κ2) is 9.03. The predicted octanol–water partition coefficient (Wildman–Crippen LogP) is 3.46. The van der Waals surface area contributed by atoms with E-state index in [0.29, 0.717) is 5.69 Å². The van der Waals surface area contributed by atoms with Crippen LogP contribution in [0.15, 0.2) is 54.6 Å². The van der Waals surface area contributed by atoms with Crippen LogP contribution in [0.4, 0.5) is 10.5 Å². The number of hydrogen-bond donors (Lipinski definition) is 3. The van der Waals surface area contributed by atoms with Gasteiger partial charge in [0.1, 0.15) is 11.6 Å². The molecule has 7 nitrogen and oxygen atoms in total. The average molecular weight is 384 g/mol. The normalized spacial score (nSPS) is 12.0. The molecule has 0 saturated carbocycles. The van der Waals surface area contributed by atoms with Crippen LogP contribution in [0.25, 0.3) is 0 Å². The Morgan fingerprint density at radius 3 is 2.14 bits per heavy atom. The average Bonchev–Trinajstić information content (AvgIpc) is 2.61. The lowest BCUT2D eigenvalue weighted by Gasteiger charge is -2.23. The van der Waals surface area contributed by atoms with Crippen LogP contribution in [0.5, 0.6) is 0 Å². The minimum Gasteiger partial charge on any atom is -0.478 e. The van der Waals surface area contributed by atoms with Gasteiger partial charge in [-0.15, -0.1) is 0 Å². The highest BCUT2D eigenvalue weighted by Gasteiger charge is 2.25. The SMILES string of the molecule is CC(C)(C)OC(=O)N[C@@H](Cc1ccccc1)C(=O)Nc1ccc(C(=O)O)cc1. The molecule has 0 aromatic heterocycles. The zero-order valence-corrected chi connectivity index (χ0v) is 16.1. The molecule has 7 heteroatoms. The van der Waals surface area contributed by atoms with Crippen molar-refractivity contribution in [3.8, 4) is 0 Å². The highest BCUT2D eigenvalue weighted by atomic mass is 16.6. The lowest BCUT2D eigenvalue weighted by Crippen LogP contribution is -2.47. The maximum atomic E-state index is 12.7. The summed E-state index contributed by atoms with van der Waals surface area (Å²) >= 11 is 0. The van der Waals surface area contributed by atoms with Crippen molar-refractivity contribution in [3.63, 3.8) is 0 Å². The van der Waals surface area contributed by atoms with Crippen LogP contribution in [0.3, 0.4) is 0 Å². The number of benzene rings is 2. The molecule has 0 radical (unpaired) electrons. The van der Waals surface area contributed by atoms with Crippen molar-refractivity contribution in [2.24, 2.45) is 0 Å². The van der Waals surface area contributed by atoms with Gasteiger partial charge in [-0.3, -0.25) is 4.79 Å². The van der Waals surface area contributed by atoms with Crippen LogP contribution in [0, 0.1) is 0 Å². The minimum atomic E-state index is -1.05. The van der Waals surface area contributed by atoms with Crippen LogP contribution in [0.2, 0.25) is 0 Å². The molecule has 2 amide bonds. The van der Waals surface area contributed by atoms with Crippen molar-refractivity contribution in [3.05, 3.63) is 65.7 Å². The maximum absolute atomic E-state index is 12.7. The molecule has 1 atom stereocenters. The van der Waals surface area contributed by atoms with Gasteiger partial charge in [-0.1, -0.05) is 30.3 Å². The number of carbonyl (C=O) groups excluding carboxylic acids is 2. The lowest BCUT2D eigenvalue weighted by atomic mass is 10.1. The zero-order chi connectivity index (χ0) is 20.7. The van der Waals surface area contributed by atoms with Crippen molar-refractivity contribution < 1.29 is 24.2 Å². The number of hydrogen-bond acceptors (Lipinski definition) is 4. The summed E-state index contributed by atoms with van der Waals surface area (Å²) in [6.07, 6.45) is -0.413. The number of nitrogens with one attached hydrogen (secondary N) is 2. The number of aromatic carboxylic acids is 1. The Balaban J connectivity index is 2.13. The lowest BCUT2D eigenvalue weighted by molar-refractivity contribution is -0.118. The van der Waals surface area contributed by atoms with Crippen molar-refractivity contribution >= 4 is 23.7 Å². The van der Waals surface area contributed by atoms with Gasteiger partial charge in [0.25, 0.3) is 0 Å². The summed E-state index contributed by atoms with van der Waals surface area (Å²) < 4.78 is 5.25. The Bertz CT molecular complexity index is 826. The van der Waals surface area contributed by atoms with Crippen molar-refractivity contribution in [2.45, 2.75) is 38.8 Å². The zero-order valence-electron chi connectivity index (χ0n) is 16.1. The molecule has 0 aliphatic carbocycles. The summed E-state index contributed by atoms with van der Waals surface area (Å²) in [4.78, 5) is 35.8. The fraction of sp³-hybridized carbons (Fsp3) is 0.286. The van der Waals surface area contributed by atoms with Gasteiger partial charge in [-0.2, -0.15) is 0 Å². The van der Waals surface area contributed by atoms with E-state index in [9.17, 15) is 14.4 Å². The van der Waals surface area contributed by atoms with E-state index in [1.54, 1.807) is 20.8 Å². The van der Waals surface area contributed by atoms with Gasteiger partial charge in [0.15, 0.2) is 0 Å². The van der Waals surface area contributed by atoms with Crippen LogP contribution >= 0.6 is 0 Å². The van der Waals surface area contributed by atoms with E-state index in [4.69, 9.17) is 9.84 Å². The Morgan fingerprint density at radius 2 is 1.61 bits per heavy atom. The molecule has 148 valence electrons. The molecule has 2 aromatic rings. The Labute approximate surface area is 163 Å². The van der Waals surface area contributed by atoms with E-state index in [0.717, 1.165) is 5.56 Å². The molecular formula is C21H24N2O5.